The monoisotopic (exact) mass is 321 g/mol. The molecule has 2 aromatic carbocycles. The number of pyridine rings is 1. The molecule has 0 N–H and O–H groups in total. The molecule has 1 heterocycles. The number of halogens is 1. The van der Waals surface area contributed by atoms with E-state index in [0.29, 0.717) is 10.6 Å². The molecule has 3 rings (SSSR count). The predicted octanol–water partition coefficient (Wildman–Crippen LogP) is 5.40. The number of nitrogens with zero attached hydrogens (tertiary/aromatic N) is 1. The van der Waals surface area contributed by atoms with E-state index in [0.717, 1.165) is 27.7 Å². The summed E-state index contributed by atoms with van der Waals surface area (Å²) in [5, 5.41) is 1.69. The van der Waals surface area contributed by atoms with Crippen molar-refractivity contribution in [1.82, 2.24) is 4.98 Å². The number of carbonyl (C=O) groups is 1. The molecular formula is C20H16ClNO. The minimum Gasteiger partial charge on any atom is -0.289 e. The van der Waals surface area contributed by atoms with Crippen molar-refractivity contribution < 1.29 is 4.79 Å². The average molecular weight is 322 g/mol. The van der Waals surface area contributed by atoms with E-state index in [2.05, 4.69) is 4.98 Å². The summed E-state index contributed by atoms with van der Waals surface area (Å²) in [6.45, 7) is 3.85. The van der Waals surface area contributed by atoms with Gasteiger partial charge in [-0.25, -0.2) is 0 Å². The first-order valence-electron chi connectivity index (χ1n) is 7.40. The molecule has 1 aromatic heterocycles. The molecule has 3 aromatic rings. The van der Waals surface area contributed by atoms with Crippen LogP contribution in [0.15, 0.2) is 54.6 Å². The second kappa shape index (κ2) is 6.35. The van der Waals surface area contributed by atoms with E-state index < -0.39 is 0 Å². The number of aryl methyl sites for hydroxylation is 2. The van der Waals surface area contributed by atoms with Crippen LogP contribution in [0.5, 0.6) is 0 Å². The first-order chi connectivity index (χ1) is 11.1. The van der Waals surface area contributed by atoms with Gasteiger partial charge in [-0.1, -0.05) is 48.0 Å². The van der Waals surface area contributed by atoms with Gasteiger partial charge < -0.3 is 0 Å². The van der Waals surface area contributed by atoms with Gasteiger partial charge in [-0.05, 0) is 49.2 Å². The Morgan fingerprint density at radius 1 is 1.04 bits per heavy atom. The van der Waals surface area contributed by atoms with Crippen LogP contribution in [0.3, 0.4) is 0 Å². The Bertz CT molecular complexity index is 911. The third-order valence-electron chi connectivity index (χ3n) is 3.88. The number of benzene rings is 2. The third-order valence-corrected chi connectivity index (χ3v) is 4.13. The summed E-state index contributed by atoms with van der Waals surface area (Å²) in [6, 6.07) is 15.2. The van der Waals surface area contributed by atoms with Crippen LogP contribution in [0.4, 0.5) is 0 Å². The number of fused-ring (bicyclic) bond motifs is 1. The molecule has 0 bridgehead atoms. The number of hydrogen-bond acceptors (Lipinski definition) is 2. The Kier molecular flexibility index (Phi) is 4.26. The van der Waals surface area contributed by atoms with E-state index in [-0.39, 0.29) is 5.78 Å². The lowest BCUT2D eigenvalue weighted by molar-refractivity contribution is 0.104. The van der Waals surface area contributed by atoms with E-state index in [1.165, 1.54) is 0 Å². The summed E-state index contributed by atoms with van der Waals surface area (Å²) < 4.78 is 0. The molecule has 23 heavy (non-hydrogen) atoms. The Labute approximate surface area is 140 Å². The van der Waals surface area contributed by atoms with Crippen molar-refractivity contribution in [3.05, 3.63) is 82.0 Å². The number of rotatable bonds is 3. The van der Waals surface area contributed by atoms with E-state index in [9.17, 15) is 4.79 Å². The molecule has 3 heteroatoms. The summed E-state index contributed by atoms with van der Waals surface area (Å²) in [5.74, 6) is -0.0341. The molecule has 0 atom stereocenters. The molecular weight excluding hydrogens is 306 g/mol. The average Bonchev–Trinajstić information content (AvgIpc) is 2.54. The number of para-hydroxylation sites is 1. The molecule has 0 unspecified atom stereocenters. The van der Waals surface area contributed by atoms with E-state index in [1.54, 1.807) is 24.3 Å². The lowest BCUT2D eigenvalue weighted by Gasteiger charge is -2.09. The maximum Gasteiger partial charge on any atom is 0.187 e. The minimum atomic E-state index is -0.0341. The SMILES string of the molecule is Cc1nc2ccccc2c(C)c1C(=O)C=Cc1ccc(Cl)cc1. The molecule has 0 amide bonds. The van der Waals surface area contributed by atoms with E-state index in [4.69, 9.17) is 11.6 Å². The first-order valence-corrected chi connectivity index (χ1v) is 7.78. The van der Waals surface area contributed by atoms with Crippen LogP contribution in [0.2, 0.25) is 5.02 Å². The van der Waals surface area contributed by atoms with Crippen LogP contribution in [-0.4, -0.2) is 10.8 Å². The number of allylic oxidation sites excluding steroid dienone is 1. The van der Waals surface area contributed by atoms with Gasteiger partial charge in [-0.3, -0.25) is 9.78 Å². The molecule has 0 fully saturated rings. The zero-order valence-corrected chi connectivity index (χ0v) is 13.8. The topological polar surface area (TPSA) is 30.0 Å². The van der Waals surface area contributed by atoms with E-state index in [1.807, 2.05) is 50.2 Å². The van der Waals surface area contributed by atoms with Crippen molar-refractivity contribution >= 4 is 34.4 Å². The molecule has 0 aliphatic rings. The highest BCUT2D eigenvalue weighted by Crippen LogP contribution is 2.23. The van der Waals surface area contributed by atoms with Gasteiger partial charge in [0, 0.05) is 21.7 Å². The maximum atomic E-state index is 12.6. The van der Waals surface area contributed by atoms with Crippen molar-refractivity contribution in [3.8, 4) is 0 Å². The normalized spacial score (nSPS) is 11.3. The van der Waals surface area contributed by atoms with Gasteiger partial charge in [-0.2, -0.15) is 0 Å². The van der Waals surface area contributed by atoms with Crippen LogP contribution >= 0.6 is 11.6 Å². The van der Waals surface area contributed by atoms with Gasteiger partial charge in [0.1, 0.15) is 0 Å². The van der Waals surface area contributed by atoms with Crippen molar-refractivity contribution in [2.24, 2.45) is 0 Å². The molecule has 0 spiro atoms. The van der Waals surface area contributed by atoms with Crippen LogP contribution in [-0.2, 0) is 0 Å². The quantitative estimate of drug-likeness (QED) is 0.477. The Balaban J connectivity index is 1.99. The maximum absolute atomic E-state index is 12.6. The molecule has 0 saturated carbocycles. The first kappa shape index (κ1) is 15.4. The zero-order chi connectivity index (χ0) is 16.4. The largest absolute Gasteiger partial charge is 0.289 e. The second-order valence-electron chi connectivity index (χ2n) is 5.46. The lowest BCUT2D eigenvalue weighted by atomic mass is 9.98. The standard InChI is InChI=1S/C20H16ClNO/c1-13-17-5-3-4-6-18(17)22-14(2)20(13)19(23)12-9-15-7-10-16(21)11-8-15/h3-12H,1-2H3. The van der Waals surface area contributed by atoms with Crippen LogP contribution in [0.25, 0.3) is 17.0 Å². The third kappa shape index (κ3) is 3.17. The predicted molar refractivity (Wildman–Crippen MR) is 96.0 cm³/mol. The van der Waals surface area contributed by atoms with Crippen LogP contribution in [0.1, 0.15) is 27.2 Å². The Morgan fingerprint density at radius 2 is 1.74 bits per heavy atom. The Hall–Kier alpha value is -2.45. The summed E-state index contributed by atoms with van der Waals surface area (Å²) in [5.41, 5.74) is 4.26. The number of hydrogen-bond donors (Lipinski definition) is 0. The molecule has 0 radical (unpaired) electrons. The summed E-state index contributed by atoms with van der Waals surface area (Å²) >= 11 is 5.87. The molecule has 0 aliphatic carbocycles. The summed E-state index contributed by atoms with van der Waals surface area (Å²) in [6.07, 6.45) is 3.39. The highest BCUT2D eigenvalue weighted by atomic mass is 35.5. The summed E-state index contributed by atoms with van der Waals surface area (Å²) in [4.78, 5) is 17.2. The fourth-order valence-corrected chi connectivity index (χ4v) is 2.85. The number of carbonyl (C=O) groups excluding carboxylic acids is 1. The van der Waals surface area contributed by atoms with Gasteiger partial charge in [0.05, 0.1) is 5.52 Å². The molecule has 0 aliphatic heterocycles. The van der Waals surface area contributed by atoms with Crippen molar-refractivity contribution in [1.29, 1.82) is 0 Å². The van der Waals surface area contributed by atoms with E-state index >= 15 is 0 Å². The number of aromatic nitrogens is 1. The van der Waals surface area contributed by atoms with Crippen molar-refractivity contribution in [2.45, 2.75) is 13.8 Å². The van der Waals surface area contributed by atoms with Gasteiger partial charge in [-0.15, -0.1) is 0 Å². The smallest absolute Gasteiger partial charge is 0.187 e. The molecule has 0 saturated heterocycles. The van der Waals surface area contributed by atoms with Gasteiger partial charge >= 0.3 is 0 Å². The van der Waals surface area contributed by atoms with Crippen LogP contribution in [0, 0.1) is 13.8 Å². The van der Waals surface area contributed by atoms with Gasteiger partial charge in [0.25, 0.3) is 0 Å². The Morgan fingerprint density at radius 3 is 2.48 bits per heavy atom. The molecule has 114 valence electrons. The van der Waals surface area contributed by atoms with Crippen LogP contribution < -0.4 is 0 Å². The van der Waals surface area contributed by atoms with Crippen molar-refractivity contribution in [2.75, 3.05) is 0 Å². The van der Waals surface area contributed by atoms with Crippen molar-refractivity contribution in [3.63, 3.8) is 0 Å². The fourth-order valence-electron chi connectivity index (χ4n) is 2.72. The van der Waals surface area contributed by atoms with Gasteiger partial charge in [0.2, 0.25) is 0 Å². The summed E-state index contributed by atoms with van der Waals surface area (Å²) in [7, 11) is 0. The minimum absolute atomic E-state index is 0.0341. The number of ketones is 1. The fraction of sp³-hybridized carbons (Fsp3) is 0.100. The highest BCUT2D eigenvalue weighted by Gasteiger charge is 2.14. The second-order valence-corrected chi connectivity index (χ2v) is 5.90. The lowest BCUT2D eigenvalue weighted by Crippen LogP contribution is -2.04. The zero-order valence-electron chi connectivity index (χ0n) is 13.0. The molecule has 2 nitrogen and oxygen atoms in total. The van der Waals surface area contributed by atoms with Gasteiger partial charge in [0.15, 0.2) is 5.78 Å². The highest BCUT2D eigenvalue weighted by molar-refractivity contribution is 6.30.